The summed E-state index contributed by atoms with van der Waals surface area (Å²) in [4.78, 5) is 22.2. The van der Waals surface area contributed by atoms with Gasteiger partial charge < -0.3 is 15.2 Å². The van der Waals surface area contributed by atoms with E-state index in [-0.39, 0.29) is 18.2 Å². The predicted octanol–water partition coefficient (Wildman–Crippen LogP) is 2.63. The van der Waals surface area contributed by atoms with Gasteiger partial charge in [-0.3, -0.25) is 9.59 Å². The topological polar surface area (TPSA) is 75.6 Å². The van der Waals surface area contributed by atoms with E-state index in [4.69, 9.17) is 9.84 Å². The van der Waals surface area contributed by atoms with Crippen molar-refractivity contribution in [1.82, 2.24) is 0 Å². The minimum absolute atomic E-state index is 0.0461. The first-order valence-electron chi connectivity index (χ1n) is 6.72. The van der Waals surface area contributed by atoms with Crippen LogP contribution in [0.2, 0.25) is 0 Å². The van der Waals surface area contributed by atoms with Crippen LogP contribution < -0.4 is 5.32 Å². The van der Waals surface area contributed by atoms with Gasteiger partial charge in [-0.1, -0.05) is 19.1 Å². The Hall–Kier alpha value is -1.88. The van der Waals surface area contributed by atoms with Crippen LogP contribution in [0.15, 0.2) is 24.3 Å². The number of benzene rings is 1. The number of carbonyl (C=O) groups is 2. The molecular weight excluding hydrogens is 258 g/mol. The molecule has 110 valence electrons. The summed E-state index contributed by atoms with van der Waals surface area (Å²) in [6, 6.07) is 7.25. The highest BCUT2D eigenvalue weighted by Crippen LogP contribution is 2.21. The summed E-state index contributed by atoms with van der Waals surface area (Å²) in [7, 11) is 0. The van der Waals surface area contributed by atoms with Gasteiger partial charge in [-0.25, -0.2) is 0 Å². The molecule has 0 aliphatic carbocycles. The Bertz CT molecular complexity index is 442. The van der Waals surface area contributed by atoms with Crippen molar-refractivity contribution in [2.75, 3.05) is 18.5 Å². The van der Waals surface area contributed by atoms with Crippen LogP contribution in [0.5, 0.6) is 0 Å². The molecule has 0 bridgehead atoms. The summed E-state index contributed by atoms with van der Waals surface area (Å²) in [5.74, 6) is -0.953. The second kappa shape index (κ2) is 8.32. The molecule has 1 unspecified atom stereocenters. The van der Waals surface area contributed by atoms with Crippen LogP contribution in [0, 0.1) is 0 Å². The van der Waals surface area contributed by atoms with Gasteiger partial charge in [0.1, 0.15) is 0 Å². The molecule has 0 saturated carbocycles. The Morgan fingerprint density at radius 1 is 1.30 bits per heavy atom. The molecule has 1 aromatic rings. The van der Waals surface area contributed by atoms with Crippen LogP contribution in [0.1, 0.15) is 38.2 Å². The van der Waals surface area contributed by atoms with E-state index in [0.717, 1.165) is 5.56 Å². The van der Waals surface area contributed by atoms with Gasteiger partial charge in [0.05, 0.1) is 19.4 Å². The van der Waals surface area contributed by atoms with Crippen molar-refractivity contribution in [2.24, 2.45) is 0 Å². The monoisotopic (exact) mass is 279 g/mol. The number of hydrogen-bond acceptors (Lipinski definition) is 3. The highest BCUT2D eigenvalue weighted by Gasteiger charge is 2.10. The van der Waals surface area contributed by atoms with Crippen LogP contribution >= 0.6 is 0 Å². The average Bonchev–Trinajstić information content (AvgIpc) is 2.39. The minimum Gasteiger partial charge on any atom is -0.481 e. The standard InChI is InChI=1S/C15H21NO4/c1-3-20-9-8-14(17)16-13-6-4-12(5-7-13)11(2)10-15(18)19/h4-7,11H,3,8-10H2,1-2H3,(H,16,17)(H,18,19). The SMILES string of the molecule is CCOCCC(=O)Nc1ccc(C(C)CC(=O)O)cc1. The highest BCUT2D eigenvalue weighted by atomic mass is 16.5. The number of nitrogens with one attached hydrogen (secondary N) is 1. The third-order valence-corrected chi connectivity index (χ3v) is 2.92. The predicted molar refractivity (Wildman–Crippen MR) is 76.8 cm³/mol. The first-order valence-corrected chi connectivity index (χ1v) is 6.72. The van der Waals surface area contributed by atoms with Gasteiger partial charge in [0.25, 0.3) is 0 Å². The van der Waals surface area contributed by atoms with Crippen molar-refractivity contribution in [2.45, 2.75) is 32.6 Å². The van der Waals surface area contributed by atoms with Crippen molar-refractivity contribution in [3.05, 3.63) is 29.8 Å². The van der Waals surface area contributed by atoms with E-state index < -0.39 is 5.97 Å². The maximum absolute atomic E-state index is 11.6. The molecule has 0 spiro atoms. The zero-order valence-corrected chi connectivity index (χ0v) is 11.9. The van der Waals surface area contributed by atoms with Gasteiger partial charge in [0.2, 0.25) is 5.91 Å². The quantitative estimate of drug-likeness (QED) is 0.717. The van der Waals surface area contributed by atoms with Crippen molar-refractivity contribution in [1.29, 1.82) is 0 Å². The summed E-state index contributed by atoms with van der Waals surface area (Å²) in [5, 5.41) is 11.5. The number of anilines is 1. The number of carboxylic acids is 1. The molecule has 1 rings (SSSR count). The van der Waals surface area contributed by atoms with Crippen LogP contribution in [-0.2, 0) is 14.3 Å². The van der Waals surface area contributed by atoms with Crippen LogP contribution in [0.25, 0.3) is 0 Å². The smallest absolute Gasteiger partial charge is 0.303 e. The van der Waals surface area contributed by atoms with Gasteiger partial charge in [-0.2, -0.15) is 0 Å². The molecule has 0 aromatic heterocycles. The molecule has 0 aliphatic heterocycles. The molecule has 2 N–H and O–H groups in total. The Morgan fingerprint density at radius 3 is 2.50 bits per heavy atom. The lowest BCUT2D eigenvalue weighted by molar-refractivity contribution is -0.137. The lowest BCUT2D eigenvalue weighted by atomic mass is 9.98. The molecular formula is C15H21NO4. The molecule has 0 aliphatic rings. The molecule has 1 amide bonds. The Kier molecular flexibility index (Phi) is 6.73. The summed E-state index contributed by atoms with van der Waals surface area (Å²) in [6.07, 6.45) is 0.422. The lowest BCUT2D eigenvalue weighted by Crippen LogP contribution is -2.14. The second-order valence-electron chi connectivity index (χ2n) is 4.62. The summed E-state index contributed by atoms with van der Waals surface area (Å²) in [6.45, 7) is 4.76. The maximum Gasteiger partial charge on any atom is 0.303 e. The largest absolute Gasteiger partial charge is 0.481 e. The minimum atomic E-state index is -0.814. The molecule has 20 heavy (non-hydrogen) atoms. The third kappa shape index (κ3) is 5.84. The van der Waals surface area contributed by atoms with E-state index in [9.17, 15) is 9.59 Å². The first-order chi connectivity index (χ1) is 9.52. The van der Waals surface area contributed by atoms with Crippen molar-refractivity contribution in [3.8, 4) is 0 Å². The van der Waals surface area contributed by atoms with E-state index in [1.165, 1.54) is 0 Å². The van der Waals surface area contributed by atoms with Gasteiger partial charge in [0.15, 0.2) is 0 Å². The molecule has 1 atom stereocenters. The fraction of sp³-hybridized carbons (Fsp3) is 0.467. The normalized spacial score (nSPS) is 11.9. The molecule has 5 nitrogen and oxygen atoms in total. The van der Waals surface area contributed by atoms with Crippen molar-refractivity contribution < 1.29 is 19.4 Å². The first kappa shape index (κ1) is 16.2. The molecule has 0 fully saturated rings. The second-order valence-corrected chi connectivity index (χ2v) is 4.62. The molecule has 5 heteroatoms. The highest BCUT2D eigenvalue weighted by molar-refractivity contribution is 5.90. The zero-order valence-electron chi connectivity index (χ0n) is 11.9. The van der Waals surface area contributed by atoms with Crippen molar-refractivity contribution >= 4 is 17.6 Å². The number of carbonyl (C=O) groups excluding carboxylic acids is 1. The van der Waals surface area contributed by atoms with E-state index in [0.29, 0.717) is 25.3 Å². The van der Waals surface area contributed by atoms with E-state index in [1.807, 2.05) is 26.0 Å². The van der Waals surface area contributed by atoms with E-state index in [2.05, 4.69) is 5.32 Å². The zero-order chi connectivity index (χ0) is 15.0. The molecule has 0 radical (unpaired) electrons. The van der Waals surface area contributed by atoms with Gasteiger partial charge in [-0.15, -0.1) is 0 Å². The van der Waals surface area contributed by atoms with Crippen molar-refractivity contribution in [3.63, 3.8) is 0 Å². The number of aliphatic carboxylic acids is 1. The van der Waals surface area contributed by atoms with Crippen LogP contribution in [0.3, 0.4) is 0 Å². The van der Waals surface area contributed by atoms with E-state index >= 15 is 0 Å². The van der Waals surface area contributed by atoms with E-state index in [1.54, 1.807) is 12.1 Å². The Morgan fingerprint density at radius 2 is 1.95 bits per heavy atom. The molecule has 0 heterocycles. The summed E-state index contributed by atoms with van der Waals surface area (Å²) >= 11 is 0. The summed E-state index contributed by atoms with van der Waals surface area (Å²) < 4.78 is 5.11. The fourth-order valence-electron chi connectivity index (χ4n) is 1.81. The van der Waals surface area contributed by atoms with Crippen LogP contribution in [0.4, 0.5) is 5.69 Å². The Labute approximate surface area is 118 Å². The fourth-order valence-corrected chi connectivity index (χ4v) is 1.81. The molecule has 0 saturated heterocycles. The lowest BCUT2D eigenvalue weighted by Gasteiger charge is -2.10. The van der Waals surface area contributed by atoms with Gasteiger partial charge in [-0.05, 0) is 30.5 Å². The Balaban J connectivity index is 2.49. The number of rotatable bonds is 8. The average molecular weight is 279 g/mol. The van der Waals surface area contributed by atoms with Crippen LogP contribution in [-0.4, -0.2) is 30.2 Å². The number of hydrogen-bond donors (Lipinski definition) is 2. The maximum atomic E-state index is 11.6. The third-order valence-electron chi connectivity index (χ3n) is 2.92. The number of carboxylic acid groups (broad SMARTS) is 1. The molecule has 1 aromatic carbocycles. The summed E-state index contributed by atoms with van der Waals surface area (Å²) in [5.41, 5.74) is 1.65. The van der Waals surface area contributed by atoms with Gasteiger partial charge in [0, 0.05) is 12.3 Å². The number of amides is 1. The number of ether oxygens (including phenoxy) is 1. The van der Waals surface area contributed by atoms with Gasteiger partial charge >= 0.3 is 5.97 Å².